The summed E-state index contributed by atoms with van der Waals surface area (Å²) in [4.78, 5) is 12.6. The number of anilines is 1. The normalized spacial score (nSPS) is 11.1. The molecule has 25 heavy (non-hydrogen) atoms. The van der Waals surface area contributed by atoms with Crippen LogP contribution in [0.1, 0.15) is 42.6 Å². The first kappa shape index (κ1) is 19.0. The Bertz CT molecular complexity index is 733. The van der Waals surface area contributed by atoms with Crippen molar-refractivity contribution in [2.24, 2.45) is 0 Å². The molecule has 0 spiro atoms. The summed E-state index contributed by atoms with van der Waals surface area (Å²) in [5.74, 6) is 0.940. The predicted molar refractivity (Wildman–Crippen MR) is 97.3 cm³/mol. The SMILES string of the molecule is CCC(C)(C)c1nnc(NC(=O)c2cc(OC)c(OC)c(OC)c2)s1. The van der Waals surface area contributed by atoms with E-state index in [0.29, 0.717) is 27.9 Å². The Morgan fingerprint density at radius 3 is 2.20 bits per heavy atom. The number of carbonyl (C=O) groups excluding carboxylic acids is 1. The van der Waals surface area contributed by atoms with Gasteiger partial charge in [0, 0.05) is 11.0 Å². The van der Waals surface area contributed by atoms with Crippen molar-refractivity contribution in [1.29, 1.82) is 0 Å². The van der Waals surface area contributed by atoms with Crippen LogP contribution in [-0.4, -0.2) is 37.4 Å². The van der Waals surface area contributed by atoms with Gasteiger partial charge in [-0.1, -0.05) is 32.1 Å². The number of rotatable bonds is 7. The van der Waals surface area contributed by atoms with Gasteiger partial charge >= 0.3 is 0 Å². The number of nitrogens with one attached hydrogen (secondary N) is 1. The Morgan fingerprint density at radius 2 is 1.72 bits per heavy atom. The number of aromatic nitrogens is 2. The predicted octanol–water partition coefficient (Wildman–Crippen LogP) is 3.50. The molecule has 1 aromatic carbocycles. The lowest BCUT2D eigenvalue weighted by atomic mass is 9.91. The van der Waals surface area contributed by atoms with Gasteiger partial charge in [0.25, 0.3) is 5.91 Å². The van der Waals surface area contributed by atoms with Gasteiger partial charge in [-0.05, 0) is 18.6 Å². The fraction of sp³-hybridized carbons (Fsp3) is 0.471. The number of nitrogens with zero attached hydrogens (tertiary/aromatic N) is 2. The minimum Gasteiger partial charge on any atom is -0.493 e. The van der Waals surface area contributed by atoms with Gasteiger partial charge in [-0.25, -0.2) is 0 Å². The number of hydrogen-bond donors (Lipinski definition) is 1. The molecule has 1 heterocycles. The molecule has 0 saturated carbocycles. The van der Waals surface area contributed by atoms with E-state index < -0.39 is 0 Å². The molecule has 0 atom stereocenters. The zero-order valence-electron chi connectivity index (χ0n) is 15.3. The van der Waals surface area contributed by atoms with Crippen molar-refractivity contribution in [3.05, 3.63) is 22.7 Å². The molecular weight excluding hydrogens is 342 g/mol. The Morgan fingerprint density at radius 1 is 1.12 bits per heavy atom. The fourth-order valence-corrected chi connectivity index (χ4v) is 2.99. The van der Waals surface area contributed by atoms with Gasteiger partial charge in [0.05, 0.1) is 21.3 Å². The largest absolute Gasteiger partial charge is 0.493 e. The third kappa shape index (κ3) is 4.01. The van der Waals surface area contributed by atoms with Crippen molar-refractivity contribution < 1.29 is 19.0 Å². The van der Waals surface area contributed by atoms with E-state index in [1.807, 2.05) is 0 Å². The Balaban J connectivity index is 2.27. The Kier molecular flexibility index (Phi) is 5.84. The van der Waals surface area contributed by atoms with Gasteiger partial charge in [0.15, 0.2) is 11.5 Å². The number of benzene rings is 1. The Hall–Kier alpha value is -2.35. The summed E-state index contributed by atoms with van der Waals surface area (Å²) >= 11 is 1.37. The van der Waals surface area contributed by atoms with Crippen LogP contribution >= 0.6 is 11.3 Å². The zero-order valence-corrected chi connectivity index (χ0v) is 16.1. The summed E-state index contributed by atoms with van der Waals surface area (Å²) < 4.78 is 15.8. The van der Waals surface area contributed by atoms with Crippen LogP contribution in [0.15, 0.2) is 12.1 Å². The lowest BCUT2D eigenvalue weighted by Gasteiger charge is -2.17. The van der Waals surface area contributed by atoms with Gasteiger partial charge < -0.3 is 14.2 Å². The molecular formula is C17H23N3O4S. The fourth-order valence-electron chi connectivity index (χ4n) is 2.08. The maximum Gasteiger partial charge on any atom is 0.257 e. The molecule has 0 aliphatic rings. The molecule has 0 aliphatic carbocycles. The van der Waals surface area contributed by atoms with Crippen molar-refractivity contribution in [3.63, 3.8) is 0 Å². The number of hydrogen-bond acceptors (Lipinski definition) is 7. The van der Waals surface area contributed by atoms with Crippen molar-refractivity contribution >= 4 is 22.4 Å². The third-order valence-corrected chi connectivity index (χ3v) is 5.24. The van der Waals surface area contributed by atoms with Gasteiger partial charge in [-0.15, -0.1) is 10.2 Å². The van der Waals surface area contributed by atoms with Crippen LogP contribution in [0, 0.1) is 0 Å². The molecule has 1 N–H and O–H groups in total. The monoisotopic (exact) mass is 365 g/mol. The highest BCUT2D eigenvalue weighted by Crippen LogP contribution is 2.38. The van der Waals surface area contributed by atoms with E-state index in [9.17, 15) is 4.79 Å². The third-order valence-electron chi connectivity index (χ3n) is 4.04. The van der Waals surface area contributed by atoms with Gasteiger partial charge in [-0.3, -0.25) is 10.1 Å². The summed E-state index contributed by atoms with van der Waals surface area (Å²) in [5.41, 5.74) is 0.300. The highest BCUT2D eigenvalue weighted by Gasteiger charge is 2.24. The molecule has 7 nitrogen and oxygen atoms in total. The smallest absolute Gasteiger partial charge is 0.257 e. The highest BCUT2D eigenvalue weighted by molar-refractivity contribution is 7.15. The molecule has 0 radical (unpaired) electrons. The van der Waals surface area contributed by atoms with Crippen LogP contribution < -0.4 is 19.5 Å². The van der Waals surface area contributed by atoms with Gasteiger partial charge in [0.1, 0.15) is 5.01 Å². The average molecular weight is 365 g/mol. The van der Waals surface area contributed by atoms with Gasteiger partial charge in [-0.2, -0.15) is 0 Å². The van der Waals surface area contributed by atoms with E-state index in [2.05, 4.69) is 36.3 Å². The van der Waals surface area contributed by atoms with Gasteiger partial charge in [0.2, 0.25) is 10.9 Å². The lowest BCUT2D eigenvalue weighted by molar-refractivity contribution is 0.102. The van der Waals surface area contributed by atoms with Crippen molar-refractivity contribution in [2.75, 3.05) is 26.6 Å². The number of amides is 1. The summed E-state index contributed by atoms with van der Waals surface area (Å²) in [5, 5.41) is 12.4. The average Bonchev–Trinajstić information content (AvgIpc) is 3.09. The second-order valence-corrected chi connectivity index (χ2v) is 7.00. The van der Waals surface area contributed by atoms with Crippen LogP contribution in [0.25, 0.3) is 0 Å². The minimum absolute atomic E-state index is 0.0762. The Labute approximate surface area is 151 Å². The molecule has 0 unspecified atom stereocenters. The van der Waals surface area contributed by atoms with E-state index in [4.69, 9.17) is 14.2 Å². The second-order valence-electron chi connectivity index (χ2n) is 6.02. The summed E-state index contributed by atoms with van der Waals surface area (Å²) in [6.07, 6.45) is 0.933. The van der Waals surface area contributed by atoms with E-state index in [0.717, 1.165) is 11.4 Å². The van der Waals surface area contributed by atoms with E-state index >= 15 is 0 Å². The molecule has 0 aliphatic heterocycles. The summed E-state index contributed by atoms with van der Waals surface area (Å²) in [6.45, 7) is 6.28. The maximum absolute atomic E-state index is 12.6. The van der Waals surface area contributed by atoms with Crippen LogP contribution in [0.2, 0.25) is 0 Å². The summed E-state index contributed by atoms with van der Waals surface area (Å²) in [6, 6.07) is 3.18. The molecule has 1 aromatic heterocycles. The first-order valence-corrected chi connectivity index (χ1v) is 8.63. The van der Waals surface area contributed by atoms with Crippen LogP contribution in [0.4, 0.5) is 5.13 Å². The molecule has 2 rings (SSSR count). The highest BCUT2D eigenvalue weighted by atomic mass is 32.1. The molecule has 136 valence electrons. The molecule has 2 aromatic rings. The van der Waals surface area contributed by atoms with Crippen molar-refractivity contribution in [3.8, 4) is 17.2 Å². The van der Waals surface area contributed by atoms with Crippen LogP contribution in [0.3, 0.4) is 0 Å². The summed E-state index contributed by atoms with van der Waals surface area (Å²) in [7, 11) is 4.52. The number of ether oxygens (including phenoxy) is 3. The van der Waals surface area contributed by atoms with Crippen molar-refractivity contribution in [2.45, 2.75) is 32.6 Å². The van der Waals surface area contributed by atoms with E-state index in [-0.39, 0.29) is 11.3 Å². The maximum atomic E-state index is 12.6. The standard InChI is InChI=1S/C17H23N3O4S/c1-7-17(2,3)15-19-20-16(25-15)18-14(21)10-8-11(22-4)13(24-6)12(9-10)23-5/h8-9H,7H2,1-6H3,(H,18,20,21). The zero-order chi connectivity index (χ0) is 18.6. The van der Waals surface area contributed by atoms with E-state index in [1.54, 1.807) is 12.1 Å². The van der Waals surface area contributed by atoms with Crippen LogP contribution in [0.5, 0.6) is 17.2 Å². The molecule has 1 amide bonds. The van der Waals surface area contributed by atoms with E-state index in [1.165, 1.54) is 32.7 Å². The molecule has 0 saturated heterocycles. The van der Waals surface area contributed by atoms with Crippen LogP contribution in [-0.2, 0) is 5.41 Å². The molecule has 0 fully saturated rings. The van der Waals surface area contributed by atoms with Crippen molar-refractivity contribution in [1.82, 2.24) is 10.2 Å². The first-order chi connectivity index (χ1) is 11.9. The first-order valence-electron chi connectivity index (χ1n) is 7.81. The number of carbonyl (C=O) groups is 1. The number of methoxy groups -OCH3 is 3. The second kappa shape index (κ2) is 7.69. The lowest BCUT2D eigenvalue weighted by Crippen LogP contribution is -2.14. The minimum atomic E-state index is -0.323. The molecule has 0 bridgehead atoms. The topological polar surface area (TPSA) is 82.6 Å². The quantitative estimate of drug-likeness (QED) is 0.808. The molecule has 8 heteroatoms.